The molecule has 1 aromatic heterocycles. The average molecular weight is 484 g/mol. The van der Waals surface area contributed by atoms with Crippen molar-refractivity contribution in [1.82, 2.24) is 4.98 Å². The fraction of sp³-hybridized carbons (Fsp3) is 0.379. The number of allylic oxidation sites excluding steroid dienone is 3. The molecule has 1 aromatic carbocycles. The lowest BCUT2D eigenvalue weighted by Gasteiger charge is -2.33. The number of carboxylic acids is 1. The number of carbonyl (C=O) groups excluding carboxylic acids is 1. The first-order valence-corrected chi connectivity index (χ1v) is 12.4. The van der Waals surface area contributed by atoms with Crippen LogP contribution in [-0.2, 0) is 20.7 Å². The number of rotatable bonds is 7. The van der Waals surface area contributed by atoms with Crippen LogP contribution in [0.4, 0.5) is 5.69 Å². The summed E-state index contributed by atoms with van der Waals surface area (Å²) in [6.07, 6.45) is 9.58. The number of nitrogens with zero attached hydrogens (tertiary/aromatic N) is 2. The molecular formula is C29H29N3O4. The molecule has 7 heteroatoms. The highest BCUT2D eigenvalue weighted by molar-refractivity contribution is 5.96. The number of nitrogens with one attached hydrogen (secondary N) is 1. The summed E-state index contributed by atoms with van der Waals surface area (Å²) < 4.78 is 5.98. The fourth-order valence-corrected chi connectivity index (χ4v) is 5.59. The highest BCUT2D eigenvalue weighted by atomic mass is 16.5. The summed E-state index contributed by atoms with van der Waals surface area (Å²) in [7, 11) is 0. The standard InChI is InChI=1S/C29H29N3O4/c1-18-5-7-22(17-31-18)21-9-10-26-23(14-21)29(11-12-36-26)15-24(29)28(35)32-25-13-19(16-30)6-8-20(25)3-2-4-27(33)34/h5-10,13,17,21,24H,2-4,11-12,14-15H2,1H3,(H,32,35)(H,33,34)/t21?,24-,29?/m0/s1. The Hall–Kier alpha value is -3.92. The number of aromatic nitrogens is 1. The van der Waals surface area contributed by atoms with Crippen molar-refractivity contribution >= 4 is 17.6 Å². The Labute approximate surface area is 210 Å². The maximum absolute atomic E-state index is 13.5. The normalized spacial score (nSPS) is 24.0. The first-order chi connectivity index (χ1) is 17.4. The first kappa shape index (κ1) is 23.8. The molecule has 2 aliphatic carbocycles. The van der Waals surface area contributed by atoms with Gasteiger partial charge in [-0.3, -0.25) is 14.6 Å². The number of ether oxygens (including phenoxy) is 1. The quantitative estimate of drug-likeness (QED) is 0.571. The van der Waals surface area contributed by atoms with Crippen molar-refractivity contribution in [3.05, 3.63) is 82.4 Å². The number of carbonyl (C=O) groups is 2. The minimum Gasteiger partial charge on any atom is -0.494 e. The van der Waals surface area contributed by atoms with Gasteiger partial charge in [-0.25, -0.2) is 0 Å². The Balaban J connectivity index is 1.33. The summed E-state index contributed by atoms with van der Waals surface area (Å²) >= 11 is 0. The van der Waals surface area contributed by atoms with E-state index >= 15 is 0 Å². The topological polar surface area (TPSA) is 112 Å². The van der Waals surface area contributed by atoms with Gasteiger partial charge in [-0.2, -0.15) is 5.26 Å². The van der Waals surface area contributed by atoms with E-state index in [1.807, 2.05) is 19.2 Å². The molecule has 3 atom stereocenters. The lowest BCUT2D eigenvalue weighted by atomic mass is 9.77. The van der Waals surface area contributed by atoms with Crippen LogP contribution < -0.4 is 5.32 Å². The Morgan fingerprint density at radius 3 is 2.92 bits per heavy atom. The van der Waals surface area contributed by atoms with E-state index in [2.05, 4.69) is 34.6 Å². The minimum atomic E-state index is -0.848. The molecule has 0 radical (unpaired) electrons. The van der Waals surface area contributed by atoms with Crippen LogP contribution in [0.1, 0.15) is 60.4 Å². The highest BCUT2D eigenvalue weighted by Gasteiger charge is 2.62. The summed E-state index contributed by atoms with van der Waals surface area (Å²) in [5.74, 6) is 0.0364. The molecule has 184 valence electrons. The number of aliphatic carboxylic acids is 1. The zero-order valence-corrected chi connectivity index (χ0v) is 20.3. The molecule has 1 saturated carbocycles. The monoisotopic (exact) mass is 483 g/mol. The molecule has 2 unspecified atom stereocenters. The van der Waals surface area contributed by atoms with Gasteiger partial charge in [0.05, 0.1) is 18.2 Å². The zero-order chi connectivity index (χ0) is 25.3. The van der Waals surface area contributed by atoms with Crippen LogP contribution in [0.5, 0.6) is 0 Å². The summed E-state index contributed by atoms with van der Waals surface area (Å²) in [6, 6.07) is 11.5. The number of benzene rings is 1. The van der Waals surface area contributed by atoms with Crippen molar-refractivity contribution in [2.45, 2.75) is 51.4 Å². The minimum absolute atomic E-state index is 0.0542. The van der Waals surface area contributed by atoms with Gasteiger partial charge in [-0.1, -0.05) is 18.2 Å². The molecule has 0 saturated heterocycles. The van der Waals surface area contributed by atoms with Gasteiger partial charge in [0.25, 0.3) is 0 Å². The lowest BCUT2D eigenvalue weighted by Crippen LogP contribution is -2.27. The summed E-state index contributed by atoms with van der Waals surface area (Å²) in [4.78, 5) is 28.8. The van der Waals surface area contributed by atoms with Crippen molar-refractivity contribution in [3.8, 4) is 6.07 Å². The average Bonchev–Trinajstić information content (AvgIpc) is 3.60. The molecule has 2 aromatic rings. The van der Waals surface area contributed by atoms with Crippen LogP contribution in [0, 0.1) is 29.6 Å². The third-order valence-electron chi connectivity index (χ3n) is 7.70. The van der Waals surface area contributed by atoms with Gasteiger partial charge < -0.3 is 15.2 Å². The lowest BCUT2D eigenvalue weighted by molar-refractivity contribution is -0.137. The fourth-order valence-electron chi connectivity index (χ4n) is 5.59. The number of hydrogen-bond acceptors (Lipinski definition) is 5. The largest absolute Gasteiger partial charge is 0.494 e. The Bertz CT molecular complexity index is 1300. The van der Waals surface area contributed by atoms with Crippen LogP contribution in [0.15, 0.2) is 60.0 Å². The maximum Gasteiger partial charge on any atom is 0.303 e. The Kier molecular flexibility index (Phi) is 6.36. The van der Waals surface area contributed by atoms with E-state index in [9.17, 15) is 14.9 Å². The number of carboxylic acid groups (broad SMARTS) is 1. The van der Waals surface area contributed by atoms with Gasteiger partial charge in [0.2, 0.25) is 5.91 Å². The third kappa shape index (κ3) is 4.64. The van der Waals surface area contributed by atoms with E-state index < -0.39 is 5.97 Å². The second-order valence-electron chi connectivity index (χ2n) is 9.98. The van der Waals surface area contributed by atoms with E-state index in [0.29, 0.717) is 30.7 Å². The van der Waals surface area contributed by atoms with Gasteiger partial charge >= 0.3 is 5.97 Å². The van der Waals surface area contributed by atoms with Crippen LogP contribution in [0.2, 0.25) is 0 Å². The molecule has 2 N–H and O–H groups in total. The van der Waals surface area contributed by atoms with Crippen molar-refractivity contribution < 1.29 is 19.4 Å². The molecule has 1 amide bonds. The van der Waals surface area contributed by atoms with E-state index in [-0.39, 0.29) is 29.6 Å². The van der Waals surface area contributed by atoms with Crippen molar-refractivity contribution in [1.29, 1.82) is 5.26 Å². The van der Waals surface area contributed by atoms with Gasteiger partial charge in [-0.05, 0) is 80.0 Å². The van der Waals surface area contributed by atoms with E-state index in [0.717, 1.165) is 41.8 Å². The molecule has 7 nitrogen and oxygen atoms in total. The van der Waals surface area contributed by atoms with Crippen molar-refractivity contribution in [2.24, 2.45) is 11.3 Å². The van der Waals surface area contributed by atoms with Crippen molar-refractivity contribution in [2.75, 3.05) is 11.9 Å². The second kappa shape index (κ2) is 9.62. The van der Waals surface area contributed by atoms with E-state index in [1.54, 1.807) is 18.2 Å². The van der Waals surface area contributed by atoms with Crippen LogP contribution in [0.3, 0.4) is 0 Å². The van der Waals surface area contributed by atoms with Crippen LogP contribution in [0.25, 0.3) is 0 Å². The predicted octanol–water partition coefficient (Wildman–Crippen LogP) is 5.03. The Morgan fingerprint density at radius 2 is 2.17 bits per heavy atom. The third-order valence-corrected chi connectivity index (χ3v) is 7.70. The molecule has 0 bridgehead atoms. The summed E-state index contributed by atoms with van der Waals surface area (Å²) in [6.45, 7) is 2.57. The number of amides is 1. The molecule has 3 aliphatic rings. The SMILES string of the molecule is Cc1ccc(C2C=CC3=C(C2)C2(CCO3)C[C@H]2C(=O)Nc2cc(C#N)ccc2CCCC(=O)O)cn1. The van der Waals surface area contributed by atoms with E-state index in [1.165, 1.54) is 5.57 Å². The van der Waals surface area contributed by atoms with E-state index in [4.69, 9.17) is 9.84 Å². The maximum atomic E-state index is 13.5. The molecule has 36 heavy (non-hydrogen) atoms. The molecule has 2 heterocycles. The summed E-state index contributed by atoms with van der Waals surface area (Å²) in [5, 5.41) is 21.4. The number of nitriles is 1. The van der Waals surface area contributed by atoms with Crippen LogP contribution in [-0.4, -0.2) is 28.6 Å². The predicted molar refractivity (Wildman–Crippen MR) is 134 cm³/mol. The van der Waals surface area contributed by atoms with Gasteiger partial charge in [0.15, 0.2) is 0 Å². The number of pyridine rings is 1. The number of aryl methyl sites for hydroxylation is 2. The first-order valence-electron chi connectivity index (χ1n) is 12.4. The second-order valence-corrected chi connectivity index (χ2v) is 9.98. The van der Waals surface area contributed by atoms with Gasteiger partial charge in [0.1, 0.15) is 5.76 Å². The molecular weight excluding hydrogens is 454 g/mol. The number of anilines is 1. The Morgan fingerprint density at radius 1 is 1.31 bits per heavy atom. The molecule has 5 rings (SSSR count). The van der Waals surface area contributed by atoms with Gasteiger partial charge in [0, 0.05) is 41.2 Å². The van der Waals surface area contributed by atoms with Gasteiger partial charge in [-0.15, -0.1) is 0 Å². The number of fused-ring (bicyclic) bond motifs is 1. The summed E-state index contributed by atoms with van der Waals surface area (Å²) in [5.41, 5.74) is 5.06. The highest BCUT2D eigenvalue weighted by Crippen LogP contribution is 2.65. The molecule has 1 fully saturated rings. The van der Waals surface area contributed by atoms with Crippen LogP contribution >= 0.6 is 0 Å². The smallest absolute Gasteiger partial charge is 0.303 e. The molecule has 1 spiro atoms. The molecule has 1 aliphatic heterocycles. The van der Waals surface area contributed by atoms with Crippen molar-refractivity contribution in [3.63, 3.8) is 0 Å². The zero-order valence-electron chi connectivity index (χ0n) is 20.3. The number of hydrogen-bond donors (Lipinski definition) is 2.